The Morgan fingerprint density at radius 1 is 1.14 bits per heavy atom. The number of piperidine rings is 1. The number of para-hydroxylation sites is 1. The van der Waals surface area contributed by atoms with Crippen LogP contribution in [0.2, 0.25) is 0 Å². The molecular formula is C18H19N3S. The molecule has 3 heterocycles. The Labute approximate surface area is 134 Å². The molecule has 4 rings (SSSR count). The fourth-order valence-corrected chi connectivity index (χ4v) is 4.12. The van der Waals surface area contributed by atoms with Gasteiger partial charge < -0.3 is 9.88 Å². The average Bonchev–Trinajstić information content (AvgIpc) is 3.24. The normalized spacial score (nSPS) is 16.3. The van der Waals surface area contributed by atoms with Gasteiger partial charge in [0.1, 0.15) is 5.84 Å². The van der Waals surface area contributed by atoms with Crippen LogP contribution in [0.4, 0.5) is 0 Å². The molecule has 0 unspecified atom stereocenters. The molecule has 0 saturated carbocycles. The molecule has 0 radical (unpaired) electrons. The zero-order chi connectivity index (χ0) is 14.9. The number of rotatable bonds is 2. The number of aromatic amines is 1. The lowest BCUT2D eigenvalue weighted by Crippen LogP contribution is -2.37. The van der Waals surface area contributed by atoms with E-state index in [0.717, 1.165) is 30.8 Å². The Bertz CT molecular complexity index is 780. The first-order valence-corrected chi connectivity index (χ1v) is 8.64. The van der Waals surface area contributed by atoms with Crippen LogP contribution >= 0.6 is 11.3 Å². The standard InChI is InChI=1S/C18H19N3S/c19-18(17-6-3-11-22-17)21-9-7-13(8-10-21)15-12-20-16-5-2-1-4-14(15)16/h1-6,11-13,19-20H,7-10H2. The van der Waals surface area contributed by atoms with Gasteiger partial charge in [0, 0.05) is 30.2 Å². The van der Waals surface area contributed by atoms with Crippen LogP contribution in [-0.2, 0) is 0 Å². The van der Waals surface area contributed by atoms with Crippen molar-refractivity contribution in [2.75, 3.05) is 13.1 Å². The van der Waals surface area contributed by atoms with Crippen molar-refractivity contribution in [3.63, 3.8) is 0 Å². The third-order valence-electron chi connectivity index (χ3n) is 4.63. The molecule has 2 N–H and O–H groups in total. The first-order valence-electron chi connectivity index (χ1n) is 7.76. The van der Waals surface area contributed by atoms with Crippen LogP contribution in [-0.4, -0.2) is 28.8 Å². The van der Waals surface area contributed by atoms with E-state index in [1.807, 2.05) is 17.5 Å². The highest BCUT2D eigenvalue weighted by Gasteiger charge is 2.24. The van der Waals surface area contributed by atoms with Gasteiger partial charge in [-0.1, -0.05) is 24.3 Å². The molecule has 22 heavy (non-hydrogen) atoms. The predicted molar refractivity (Wildman–Crippen MR) is 93.0 cm³/mol. The molecule has 0 spiro atoms. The largest absolute Gasteiger partial charge is 0.361 e. The van der Waals surface area contributed by atoms with E-state index in [-0.39, 0.29) is 0 Å². The third kappa shape index (κ3) is 2.33. The van der Waals surface area contributed by atoms with Crippen LogP contribution < -0.4 is 0 Å². The monoisotopic (exact) mass is 309 g/mol. The third-order valence-corrected chi connectivity index (χ3v) is 5.50. The van der Waals surface area contributed by atoms with Crippen molar-refractivity contribution in [3.8, 4) is 0 Å². The minimum atomic E-state index is 0.600. The van der Waals surface area contributed by atoms with Crippen molar-refractivity contribution in [1.82, 2.24) is 9.88 Å². The Hall–Kier alpha value is -2.07. The topological polar surface area (TPSA) is 42.9 Å². The van der Waals surface area contributed by atoms with Gasteiger partial charge in [0.2, 0.25) is 0 Å². The minimum absolute atomic E-state index is 0.600. The molecule has 0 aliphatic carbocycles. The van der Waals surface area contributed by atoms with Crippen molar-refractivity contribution < 1.29 is 0 Å². The second-order valence-corrected chi connectivity index (χ2v) is 6.82. The van der Waals surface area contributed by atoms with Crippen molar-refractivity contribution in [2.24, 2.45) is 0 Å². The van der Waals surface area contributed by atoms with Crippen LogP contribution in [0.1, 0.15) is 29.2 Å². The Kier molecular flexibility index (Phi) is 3.47. The molecule has 1 fully saturated rings. The van der Waals surface area contributed by atoms with Gasteiger partial charge in [-0.2, -0.15) is 0 Å². The average molecular weight is 309 g/mol. The summed E-state index contributed by atoms with van der Waals surface area (Å²) >= 11 is 1.65. The summed E-state index contributed by atoms with van der Waals surface area (Å²) in [5.41, 5.74) is 2.67. The number of aromatic nitrogens is 1. The highest BCUT2D eigenvalue weighted by molar-refractivity contribution is 7.12. The molecule has 3 aromatic rings. The Morgan fingerprint density at radius 3 is 2.73 bits per heavy atom. The number of nitrogens with zero attached hydrogens (tertiary/aromatic N) is 1. The number of likely N-dealkylation sites (tertiary alicyclic amines) is 1. The van der Waals surface area contributed by atoms with E-state index in [9.17, 15) is 0 Å². The maximum absolute atomic E-state index is 8.34. The number of hydrogen-bond donors (Lipinski definition) is 2. The first-order chi connectivity index (χ1) is 10.8. The summed E-state index contributed by atoms with van der Waals surface area (Å²) < 4.78 is 0. The minimum Gasteiger partial charge on any atom is -0.361 e. The summed E-state index contributed by atoms with van der Waals surface area (Å²) in [5, 5.41) is 11.7. The van der Waals surface area contributed by atoms with E-state index >= 15 is 0 Å². The molecule has 1 aromatic carbocycles. The van der Waals surface area contributed by atoms with Gasteiger partial charge in [-0.3, -0.25) is 5.41 Å². The van der Waals surface area contributed by atoms with Crippen LogP contribution in [0.25, 0.3) is 10.9 Å². The number of fused-ring (bicyclic) bond motifs is 1. The fourth-order valence-electron chi connectivity index (χ4n) is 3.41. The lowest BCUT2D eigenvalue weighted by molar-refractivity contribution is 0.313. The van der Waals surface area contributed by atoms with Gasteiger partial charge in [-0.25, -0.2) is 0 Å². The number of hydrogen-bond acceptors (Lipinski definition) is 2. The first kappa shape index (κ1) is 13.6. The summed E-state index contributed by atoms with van der Waals surface area (Å²) in [5.74, 6) is 1.29. The van der Waals surface area contributed by atoms with Gasteiger partial charge in [0.15, 0.2) is 0 Å². The summed E-state index contributed by atoms with van der Waals surface area (Å²) in [6.07, 6.45) is 4.42. The summed E-state index contributed by atoms with van der Waals surface area (Å²) in [7, 11) is 0. The van der Waals surface area contributed by atoms with E-state index < -0.39 is 0 Å². The lowest BCUT2D eigenvalue weighted by atomic mass is 9.89. The molecule has 1 saturated heterocycles. The molecule has 0 bridgehead atoms. The highest BCUT2D eigenvalue weighted by atomic mass is 32.1. The van der Waals surface area contributed by atoms with E-state index in [1.54, 1.807) is 11.3 Å². The Balaban J connectivity index is 1.49. The summed E-state index contributed by atoms with van der Waals surface area (Å²) in [6.45, 7) is 1.95. The van der Waals surface area contributed by atoms with E-state index in [1.165, 1.54) is 16.5 Å². The van der Waals surface area contributed by atoms with Crippen LogP contribution in [0.5, 0.6) is 0 Å². The smallest absolute Gasteiger partial charge is 0.138 e. The zero-order valence-corrected chi connectivity index (χ0v) is 13.2. The van der Waals surface area contributed by atoms with Crippen LogP contribution in [0.3, 0.4) is 0 Å². The lowest BCUT2D eigenvalue weighted by Gasteiger charge is -2.33. The van der Waals surface area contributed by atoms with Crippen LogP contribution in [0.15, 0.2) is 48.0 Å². The van der Waals surface area contributed by atoms with Gasteiger partial charge in [-0.15, -0.1) is 11.3 Å². The van der Waals surface area contributed by atoms with E-state index in [0.29, 0.717) is 11.8 Å². The number of H-pyrrole nitrogens is 1. The molecular weight excluding hydrogens is 290 g/mol. The van der Waals surface area contributed by atoms with Crippen molar-refractivity contribution in [3.05, 3.63) is 58.4 Å². The van der Waals surface area contributed by atoms with Gasteiger partial charge in [-0.05, 0) is 41.8 Å². The Morgan fingerprint density at radius 2 is 1.95 bits per heavy atom. The molecule has 3 nitrogen and oxygen atoms in total. The van der Waals surface area contributed by atoms with Crippen molar-refractivity contribution in [1.29, 1.82) is 5.41 Å². The number of nitrogens with one attached hydrogen (secondary N) is 2. The van der Waals surface area contributed by atoms with Crippen LogP contribution in [0, 0.1) is 5.41 Å². The number of thiophene rings is 1. The molecule has 1 aliphatic heterocycles. The fraction of sp³-hybridized carbons (Fsp3) is 0.278. The maximum atomic E-state index is 8.34. The van der Waals surface area contributed by atoms with Gasteiger partial charge in [0.25, 0.3) is 0 Å². The molecule has 2 aromatic heterocycles. The molecule has 4 heteroatoms. The molecule has 1 aliphatic rings. The van der Waals surface area contributed by atoms with Crippen molar-refractivity contribution >= 4 is 28.1 Å². The highest BCUT2D eigenvalue weighted by Crippen LogP contribution is 2.33. The maximum Gasteiger partial charge on any atom is 0.138 e. The second-order valence-electron chi connectivity index (χ2n) is 5.88. The number of benzene rings is 1. The van der Waals surface area contributed by atoms with E-state index in [4.69, 9.17) is 5.41 Å². The van der Waals surface area contributed by atoms with E-state index in [2.05, 4.69) is 40.3 Å². The number of amidine groups is 1. The zero-order valence-electron chi connectivity index (χ0n) is 12.4. The van der Waals surface area contributed by atoms with Gasteiger partial charge in [0.05, 0.1) is 4.88 Å². The summed E-state index contributed by atoms with van der Waals surface area (Å²) in [6, 6.07) is 12.6. The van der Waals surface area contributed by atoms with Gasteiger partial charge >= 0.3 is 0 Å². The van der Waals surface area contributed by atoms with Crippen molar-refractivity contribution in [2.45, 2.75) is 18.8 Å². The quantitative estimate of drug-likeness (QED) is 0.533. The second kappa shape index (κ2) is 5.61. The molecule has 112 valence electrons. The SMILES string of the molecule is N=C(c1cccs1)N1CCC(c2c[nH]c3ccccc23)CC1. The molecule has 0 atom stereocenters. The molecule has 0 amide bonds. The predicted octanol–water partition coefficient (Wildman–Crippen LogP) is 4.43. The summed E-state index contributed by atoms with van der Waals surface area (Å²) in [4.78, 5) is 6.68.